The molecular formula is C21H23Cl3N2O2S. The number of nitrogens with one attached hydrogen (secondary N) is 1. The summed E-state index contributed by atoms with van der Waals surface area (Å²) in [6.45, 7) is 5.59. The Bertz CT molecular complexity index is 839. The van der Waals surface area contributed by atoms with Crippen LogP contribution in [0.4, 0.5) is 0 Å². The van der Waals surface area contributed by atoms with Gasteiger partial charge in [-0.15, -0.1) is 11.8 Å². The van der Waals surface area contributed by atoms with Crippen molar-refractivity contribution in [3.63, 3.8) is 0 Å². The summed E-state index contributed by atoms with van der Waals surface area (Å²) in [5.41, 5.74) is 0.616. The zero-order valence-electron chi connectivity index (χ0n) is 16.4. The van der Waals surface area contributed by atoms with E-state index in [1.807, 2.05) is 26.0 Å². The SMILES string of the molecule is CC(C)NC(=O)C(C)N(Cc1c(Cl)cccc1Cl)C(=O)CSc1ccc(Cl)cc1. The van der Waals surface area contributed by atoms with Crippen LogP contribution in [0.2, 0.25) is 15.1 Å². The number of carbonyl (C=O) groups excluding carboxylic acids is 2. The molecule has 0 heterocycles. The lowest BCUT2D eigenvalue weighted by molar-refractivity contribution is -0.138. The van der Waals surface area contributed by atoms with Gasteiger partial charge in [0.25, 0.3) is 0 Å². The first-order valence-electron chi connectivity index (χ1n) is 9.10. The van der Waals surface area contributed by atoms with Gasteiger partial charge in [-0.3, -0.25) is 9.59 Å². The minimum Gasteiger partial charge on any atom is -0.352 e. The largest absolute Gasteiger partial charge is 0.352 e. The quantitative estimate of drug-likeness (QED) is 0.502. The molecule has 8 heteroatoms. The van der Waals surface area contributed by atoms with Gasteiger partial charge in [0.05, 0.1) is 5.75 Å². The van der Waals surface area contributed by atoms with Gasteiger partial charge in [0.1, 0.15) is 6.04 Å². The smallest absolute Gasteiger partial charge is 0.242 e. The first kappa shape index (κ1) is 23.9. The molecule has 0 spiro atoms. The summed E-state index contributed by atoms with van der Waals surface area (Å²) < 4.78 is 0. The Balaban J connectivity index is 2.21. The van der Waals surface area contributed by atoms with Gasteiger partial charge < -0.3 is 10.2 Å². The molecule has 1 N–H and O–H groups in total. The van der Waals surface area contributed by atoms with Crippen molar-refractivity contribution >= 4 is 58.4 Å². The summed E-state index contributed by atoms with van der Waals surface area (Å²) in [5.74, 6) is -0.247. The van der Waals surface area contributed by atoms with Crippen molar-refractivity contribution < 1.29 is 9.59 Å². The number of hydrogen-bond donors (Lipinski definition) is 1. The van der Waals surface area contributed by atoms with E-state index in [0.29, 0.717) is 20.6 Å². The molecule has 0 saturated carbocycles. The van der Waals surface area contributed by atoms with Gasteiger partial charge in [0.2, 0.25) is 11.8 Å². The van der Waals surface area contributed by atoms with E-state index >= 15 is 0 Å². The topological polar surface area (TPSA) is 49.4 Å². The summed E-state index contributed by atoms with van der Waals surface area (Å²) in [6, 6.07) is 11.7. The molecule has 2 amide bonds. The van der Waals surface area contributed by atoms with Crippen LogP contribution in [0.5, 0.6) is 0 Å². The number of thioether (sulfide) groups is 1. The Labute approximate surface area is 190 Å². The number of amides is 2. The Kier molecular flexibility index (Phi) is 9.15. The second kappa shape index (κ2) is 11.1. The van der Waals surface area contributed by atoms with Gasteiger partial charge in [-0.05, 0) is 57.2 Å². The number of rotatable bonds is 8. The Morgan fingerprint density at radius 2 is 1.59 bits per heavy atom. The number of benzene rings is 2. The van der Waals surface area contributed by atoms with E-state index in [9.17, 15) is 9.59 Å². The predicted octanol–water partition coefficient (Wildman–Crippen LogP) is 5.68. The maximum absolute atomic E-state index is 13.1. The summed E-state index contributed by atoms with van der Waals surface area (Å²) >= 11 is 19.9. The average Bonchev–Trinajstić information content (AvgIpc) is 2.66. The van der Waals surface area contributed by atoms with Gasteiger partial charge in [-0.2, -0.15) is 0 Å². The molecule has 156 valence electrons. The molecule has 1 unspecified atom stereocenters. The molecule has 0 aliphatic heterocycles. The van der Waals surface area contributed by atoms with Gasteiger partial charge in [-0.1, -0.05) is 40.9 Å². The number of halogens is 3. The number of carbonyl (C=O) groups is 2. The average molecular weight is 474 g/mol. The van der Waals surface area contributed by atoms with Crippen molar-refractivity contribution in [2.75, 3.05) is 5.75 Å². The predicted molar refractivity (Wildman–Crippen MR) is 122 cm³/mol. The molecule has 0 saturated heterocycles. The standard InChI is InChI=1S/C21H23Cl3N2O2S/c1-13(2)25-21(28)14(3)26(11-17-18(23)5-4-6-19(17)24)20(27)12-29-16-9-7-15(22)8-10-16/h4-10,13-14H,11-12H2,1-3H3,(H,25,28). The lowest BCUT2D eigenvalue weighted by atomic mass is 10.1. The Morgan fingerprint density at radius 3 is 2.14 bits per heavy atom. The van der Waals surface area contributed by atoms with E-state index in [1.165, 1.54) is 16.7 Å². The molecule has 0 radical (unpaired) electrons. The van der Waals surface area contributed by atoms with E-state index in [1.54, 1.807) is 37.3 Å². The van der Waals surface area contributed by atoms with E-state index in [0.717, 1.165) is 4.90 Å². The molecule has 2 aromatic rings. The van der Waals surface area contributed by atoms with Crippen molar-refractivity contribution in [3.8, 4) is 0 Å². The molecule has 0 aliphatic rings. The minimum atomic E-state index is -0.678. The second-order valence-corrected chi connectivity index (χ2v) is 9.10. The van der Waals surface area contributed by atoms with Crippen LogP contribution in [0.15, 0.2) is 47.4 Å². The first-order valence-corrected chi connectivity index (χ1v) is 11.2. The molecule has 0 fully saturated rings. The fourth-order valence-electron chi connectivity index (χ4n) is 2.60. The lowest BCUT2D eigenvalue weighted by Crippen LogP contribution is -2.49. The monoisotopic (exact) mass is 472 g/mol. The van der Waals surface area contributed by atoms with Crippen LogP contribution in [-0.4, -0.2) is 34.6 Å². The van der Waals surface area contributed by atoms with Crippen LogP contribution in [0.3, 0.4) is 0 Å². The molecule has 0 aromatic heterocycles. The van der Waals surface area contributed by atoms with Gasteiger partial charge >= 0.3 is 0 Å². The molecule has 0 bridgehead atoms. The molecule has 1 atom stereocenters. The maximum atomic E-state index is 13.1. The summed E-state index contributed by atoms with van der Waals surface area (Å²) in [6.07, 6.45) is 0. The molecule has 29 heavy (non-hydrogen) atoms. The van der Waals surface area contributed by atoms with Crippen LogP contribution >= 0.6 is 46.6 Å². The second-order valence-electron chi connectivity index (χ2n) is 6.80. The molecule has 0 aliphatic carbocycles. The zero-order valence-corrected chi connectivity index (χ0v) is 19.5. The van der Waals surface area contributed by atoms with Gasteiger partial charge in [-0.25, -0.2) is 0 Å². The lowest BCUT2D eigenvalue weighted by Gasteiger charge is -2.30. The highest BCUT2D eigenvalue weighted by Gasteiger charge is 2.27. The number of hydrogen-bond acceptors (Lipinski definition) is 3. The Hall–Kier alpha value is -1.40. The highest BCUT2D eigenvalue weighted by Crippen LogP contribution is 2.27. The fourth-order valence-corrected chi connectivity index (χ4v) is 4.03. The molecule has 2 rings (SSSR count). The molecule has 4 nitrogen and oxygen atoms in total. The maximum Gasteiger partial charge on any atom is 0.242 e. The third kappa shape index (κ3) is 7.10. The highest BCUT2D eigenvalue weighted by atomic mass is 35.5. The van der Waals surface area contributed by atoms with E-state index in [-0.39, 0.29) is 30.2 Å². The van der Waals surface area contributed by atoms with Crippen molar-refractivity contribution in [2.45, 2.75) is 44.3 Å². The summed E-state index contributed by atoms with van der Waals surface area (Å²) in [4.78, 5) is 28.1. The van der Waals surface area contributed by atoms with Crippen LogP contribution in [-0.2, 0) is 16.1 Å². The summed E-state index contributed by atoms with van der Waals surface area (Å²) in [7, 11) is 0. The van der Waals surface area contributed by atoms with Crippen LogP contribution < -0.4 is 5.32 Å². The minimum absolute atomic E-state index is 0.0331. The van der Waals surface area contributed by atoms with Crippen molar-refractivity contribution in [2.24, 2.45) is 0 Å². The third-order valence-corrected chi connectivity index (χ3v) is 6.12. The zero-order chi connectivity index (χ0) is 21.6. The van der Waals surface area contributed by atoms with E-state index < -0.39 is 6.04 Å². The van der Waals surface area contributed by atoms with Crippen molar-refractivity contribution in [1.82, 2.24) is 10.2 Å². The van der Waals surface area contributed by atoms with Gasteiger partial charge in [0.15, 0.2) is 0 Å². The van der Waals surface area contributed by atoms with Gasteiger partial charge in [0, 0.05) is 38.1 Å². The fraction of sp³-hybridized carbons (Fsp3) is 0.333. The Morgan fingerprint density at radius 1 is 1.00 bits per heavy atom. The normalized spacial score (nSPS) is 12.0. The highest BCUT2D eigenvalue weighted by molar-refractivity contribution is 8.00. The van der Waals surface area contributed by atoms with Crippen molar-refractivity contribution in [3.05, 3.63) is 63.1 Å². The van der Waals surface area contributed by atoms with E-state index in [4.69, 9.17) is 34.8 Å². The van der Waals surface area contributed by atoms with Crippen LogP contribution in [0.25, 0.3) is 0 Å². The van der Waals surface area contributed by atoms with Crippen LogP contribution in [0, 0.1) is 0 Å². The third-order valence-electron chi connectivity index (χ3n) is 4.16. The van der Waals surface area contributed by atoms with Crippen LogP contribution in [0.1, 0.15) is 26.3 Å². The van der Waals surface area contributed by atoms with Crippen molar-refractivity contribution in [1.29, 1.82) is 0 Å². The molecule has 2 aromatic carbocycles. The first-order chi connectivity index (χ1) is 13.7. The molecular weight excluding hydrogens is 451 g/mol. The number of nitrogens with zero attached hydrogens (tertiary/aromatic N) is 1. The summed E-state index contributed by atoms with van der Waals surface area (Å²) in [5, 5.41) is 4.40. The van der Waals surface area contributed by atoms with E-state index in [2.05, 4.69) is 5.32 Å².